The first kappa shape index (κ1) is 15.7. The highest BCUT2D eigenvalue weighted by Gasteiger charge is 2.11. The van der Waals surface area contributed by atoms with Gasteiger partial charge < -0.3 is 13.5 Å². The molecule has 0 amide bonds. The van der Waals surface area contributed by atoms with Crippen molar-refractivity contribution in [1.29, 1.82) is 0 Å². The van der Waals surface area contributed by atoms with E-state index >= 15 is 0 Å². The van der Waals surface area contributed by atoms with E-state index in [2.05, 4.69) is 13.0 Å². The Balaban J connectivity index is 2.55. The first-order valence-corrected chi connectivity index (χ1v) is 7.40. The van der Waals surface area contributed by atoms with Crippen LogP contribution in [-0.4, -0.2) is 13.2 Å². The maximum atomic E-state index is 5.73. The molecule has 0 aliphatic heterocycles. The predicted octanol–water partition coefficient (Wildman–Crippen LogP) is 4.01. The van der Waals surface area contributed by atoms with Crippen LogP contribution in [0.3, 0.4) is 0 Å². The topological polar surface area (TPSA) is 44.5 Å². The van der Waals surface area contributed by atoms with Crippen LogP contribution in [0.15, 0.2) is 24.3 Å². The van der Waals surface area contributed by atoms with E-state index in [-0.39, 0.29) is 6.10 Å². The zero-order chi connectivity index (χ0) is 13.2. The Bertz CT molecular complexity index is 333. The van der Waals surface area contributed by atoms with Gasteiger partial charge in [0.2, 0.25) is 0 Å². The molecule has 0 radical (unpaired) electrons. The predicted molar refractivity (Wildman–Crippen MR) is 83.0 cm³/mol. The summed E-state index contributed by atoms with van der Waals surface area (Å²) in [6.07, 6.45) is 4.41. The standard InChI is InChI=1S/C14H22INO2/c1-2-3-4-10-17-13-7-5-6-12(11-13)14(18-15)8-9-16/h5-7,11,14H,2-4,8-10,16H2,1H3. The van der Waals surface area contributed by atoms with Crippen LogP contribution in [0.1, 0.15) is 44.3 Å². The first-order chi connectivity index (χ1) is 8.81. The van der Waals surface area contributed by atoms with Crippen LogP contribution in [0.25, 0.3) is 0 Å². The number of hydrogen-bond donors (Lipinski definition) is 1. The number of ether oxygens (including phenoxy) is 1. The number of rotatable bonds is 9. The maximum absolute atomic E-state index is 5.73. The van der Waals surface area contributed by atoms with Crippen molar-refractivity contribution in [2.24, 2.45) is 5.73 Å². The van der Waals surface area contributed by atoms with Crippen molar-refractivity contribution in [2.45, 2.75) is 38.7 Å². The molecule has 0 aliphatic rings. The molecular formula is C14H22INO2. The van der Waals surface area contributed by atoms with E-state index in [1.165, 1.54) is 12.8 Å². The lowest BCUT2D eigenvalue weighted by Gasteiger charge is -2.14. The van der Waals surface area contributed by atoms with Crippen molar-refractivity contribution < 1.29 is 7.80 Å². The van der Waals surface area contributed by atoms with Crippen LogP contribution >= 0.6 is 23.0 Å². The van der Waals surface area contributed by atoms with Gasteiger partial charge in [-0.2, -0.15) is 0 Å². The molecule has 1 aromatic rings. The average Bonchev–Trinajstić information content (AvgIpc) is 2.41. The Morgan fingerprint density at radius 2 is 2.17 bits per heavy atom. The van der Waals surface area contributed by atoms with Crippen LogP contribution in [0.2, 0.25) is 0 Å². The first-order valence-electron chi connectivity index (χ1n) is 6.52. The molecule has 0 saturated carbocycles. The number of benzene rings is 1. The summed E-state index contributed by atoms with van der Waals surface area (Å²) in [5.74, 6) is 0.916. The molecule has 1 atom stereocenters. The van der Waals surface area contributed by atoms with E-state index in [1.807, 2.05) is 41.2 Å². The number of nitrogens with two attached hydrogens (primary N) is 1. The molecule has 0 aromatic heterocycles. The summed E-state index contributed by atoms with van der Waals surface area (Å²) in [4.78, 5) is 0. The van der Waals surface area contributed by atoms with Gasteiger partial charge in [0.1, 0.15) is 28.8 Å². The summed E-state index contributed by atoms with van der Waals surface area (Å²) in [5, 5.41) is 0. The Morgan fingerprint density at radius 3 is 2.83 bits per heavy atom. The van der Waals surface area contributed by atoms with Gasteiger partial charge in [0.25, 0.3) is 0 Å². The third-order valence-corrected chi connectivity index (χ3v) is 3.40. The van der Waals surface area contributed by atoms with Gasteiger partial charge in [0.15, 0.2) is 0 Å². The Hall–Kier alpha value is -0.330. The fraction of sp³-hybridized carbons (Fsp3) is 0.571. The van der Waals surface area contributed by atoms with E-state index in [4.69, 9.17) is 13.5 Å². The molecule has 0 spiro atoms. The lowest BCUT2D eigenvalue weighted by molar-refractivity contribution is 0.274. The fourth-order valence-electron chi connectivity index (χ4n) is 1.76. The highest BCUT2D eigenvalue weighted by atomic mass is 127. The summed E-state index contributed by atoms with van der Waals surface area (Å²) in [5.41, 5.74) is 6.71. The molecule has 1 aromatic carbocycles. The molecule has 3 nitrogen and oxygen atoms in total. The second-order valence-electron chi connectivity index (χ2n) is 4.28. The summed E-state index contributed by atoms with van der Waals surface area (Å²) >= 11 is 1.93. The summed E-state index contributed by atoms with van der Waals surface area (Å²) in [6.45, 7) is 3.59. The zero-order valence-electron chi connectivity index (χ0n) is 10.9. The van der Waals surface area contributed by atoms with Gasteiger partial charge >= 0.3 is 0 Å². The van der Waals surface area contributed by atoms with Crippen molar-refractivity contribution in [3.05, 3.63) is 29.8 Å². The number of hydrogen-bond acceptors (Lipinski definition) is 3. The van der Waals surface area contributed by atoms with Crippen LogP contribution in [0, 0.1) is 0 Å². The fourth-order valence-corrected chi connectivity index (χ4v) is 2.31. The van der Waals surface area contributed by atoms with Crippen LogP contribution in [0.4, 0.5) is 0 Å². The molecule has 4 heteroatoms. The average molecular weight is 363 g/mol. The van der Waals surface area contributed by atoms with Gasteiger partial charge in [-0.05, 0) is 37.1 Å². The quantitative estimate of drug-likeness (QED) is 0.533. The van der Waals surface area contributed by atoms with E-state index in [9.17, 15) is 0 Å². The summed E-state index contributed by atoms with van der Waals surface area (Å²) in [6, 6.07) is 8.09. The monoisotopic (exact) mass is 363 g/mol. The molecule has 0 saturated heterocycles. The highest BCUT2D eigenvalue weighted by Crippen LogP contribution is 2.26. The SMILES string of the molecule is CCCCCOc1cccc(C(CCN)OI)c1. The van der Waals surface area contributed by atoms with Gasteiger partial charge in [-0.25, -0.2) is 0 Å². The second-order valence-corrected chi connectivity index (χ2v) is 4.79. The highest BCUT2D eigenvalue weighted by molar-refractivity contribution is 14.1. The van der Waals surface area contributed by atoms with Gasteiger partial charge in [0.05, 0.1) is 12.7 Å². The van der Waals surface area contributed by atoms with Crippen LogP contribution < -0.4 is 10.5 Å². The summed E-state index contributed by atoms with van der Waals surface area (Å²) < 4.78 is 11.1. The zero-order valence-corrected chi connectivity index (χ0v) is 13.1. The minimum atomic E-state index is 0.0507. The van der Waals surface area contributed by atoms with Gasteiger partial charge in [-0.1, -0.05) is 31.9 Å². The largest absolute Gasteiger partial charge is 0.494 e. The molecule has 2 N–H and O–H groups in total. The van der Waals surface area contributed by atoms with E-state index in [1.54, 1.807) is 0 Å². The molecule has 0 heterocycles. The van der Waals surface area contributed by atoms with Crippen molar-refractivity contribution in [2.75, 3.05) is 13.2 Å². The molecule has 18 heavy (non-hydrogen) atoms. The third kappa shape index (κ3) is 5.54. The van der Waals surface area contributed by atoms with Gasteiger partial charge in [0, 0.05) is 0 Å². The van der Waals surface area contributed by atoms with Crippen molar-refractivity contribution in [3.8, 4) is 5.75 Å². The number of halogens is 1. The second kappa shape index (κ2) is 9.58. The van der Waals surface area contributed by atoms with Crippen LogP contribution in [0.5, 0.6) is 5.75 Å². The van der Waals surface area contributed by atoms with Crippen LogP contribution in [-0.2, 0) is 3.07 Å². The summed E-state index contributed by atoms with van der Waals surface area (Å²) in [7, 11) is 0. The van der Waals surface area contributed by atoms with Crippen molar-refractivity contribution >= 4 is 23.0 Å². The molecular weight excluding hydrogens is 341 g/mol. The molecule has 102 valence electrons. The minimum absolute atomic E-state index is 0.0507. The number of unbranched alkanes of at least 4 members (excludes halogenated alkanes) is 2. The third-order valence-electron chi connectivity index (χ3n) is 2.78. The van der Waals surface area contributed by atoms with Gasteiger partial charge in [-0.15, -0.1) is 0 Å². The van der Waals surface area contributed by atoms with E-state index in [0.717, 1.165) is 30.8 Å². The maximum Gasteiger partial charge on any atom is 0.119 e. The Labute approximate surface area is 124 Å². The Morgan fingerprint density at radius 1 is 1.33 bits per heavy atom. The lowest BCUT2D eigenvalue weighted by Crippen LogP contribution is -2.07. The van der Waals surface area contributed by atoms with Gasteiger partial charge in [-0.3, -0.25) is 0 Å². The van der Waals surface area contributed by atoms with E-state index < -0.39 is 0 Å². The van der Waals surface area contributed by atoms with Crippen molar-refractivity contribution in [1.82, 2.24) is 0 Å². The minimum Gasteiger partial charge on any atom is -0.494 e. The Kier molecular flexibility index (Phi) is 8.37. The molecule has 0 aliphatic carbocycles. The molecule has 0 fully saturated rings. The molecule has 1 unspecified atom stereocenters. The van der Waals surface area contributed by atoms with E-state index in [0.29, 0.717) is 6.54 Å². The molecule has 1 rings (SSSR count). The van der Waals surface area contributed by atoms with Crippen molar-refractivity contribution in [3.63, 3.8) is 0 Å². The smallest absolute Gasteiger partial charge is 0.119 e. The normalized spacial score (nSPS) is 12.4. The lowest BCUT2D eigenvalue weighted by atomic mass is 10.1. The molecule has 0 bridgehead atoms.